The molecular weight excluding hydrogens is 334 g/mol. The van der Waals surface area contributed by atoms with E-state index in [-0.39, 0.29) is 23.3 Å². The van der Waals surface area contributed by atoms with Gasteiger partial charge in [-0.25, -0.2) is 0 Å². The molecule has 0 radical (unpaired) electrons. The predicted molar refractivity (Wildman–Crippen MR) is 96.9 cm³/mol. The lowest BCUT2D eigenvalue weighted by Gasteiger charge is -2.34. The summed E-state index contributed by atoms with van der Waals surface area (Å²) in [7, 11) is 0. The molecule has 8 heteroatoms. The van der Waals surface area contributed by atoms with Gasteiger partial charge in [0, 0.05) is 57.6 Å². The summed E-state index contributed by atoms with van der Waals surface area (Å²) < 4.78 is 0. The molecule has 1 aliphatic rings. The third kappa shape index (κ3) is 5.08. The van der Waals surface area contributed by atoms with Crippen molar-refractivity contribution in [3.8, 4) is 6.07 Å². The highest BCUT2D eigenvalue weighted by atomic mass is 16.2. The van der Waals surface area contributed by atoms with Crippen molar-refractivity contribution >= 4 is 29.1 Å². The van der Waals surface area contributed by atoms with Crippen LogP contribution in [0, 0.1) is 11.3 Å². The van der Waals surface area contributed by atoms with Crippen molar-refractivity contribution in [3.63, 3.8) is 0 Å². The molecule has 26 heavy (non-hydrogen) atoms. The fourth-order valence-electron chi connectivity index (χ4n) is 2.58. The molecule has 1 heterocycles. The first-order chi connectivity index (χ1) is 12.4. The van der Waals surface area contributed by atoms with E-state index in [2.05, 4.69) is 10.6 Å². The second-order valence-electron chi connectivity index (χ2n) is 5.87. The van der Waals surface area contributed by atoms with Gasteiger partial charge in [-0.2, -0.15) is 5.26 Å². The molecule has 0 saturated carbocycles. The zero-order valence-corrected chi connectivity index (χ0v) is 14.8. The highest BCUT2D eigenvalue weighted by molar-refractivity contribution is 5.97. The second-order valence-corrected chi connectivity index (χ2v) is 5.87. The summed E-state index contributed by atoms with van der Waals surface area (Å²) in [6, 6.07) is 8.85. The standard InChI is InChI=1S/C18H21N5O3/c1-13(24)21-17-5-3-4-16(10-17)20-12-15(11-19)18(26)23-8-6-22(7-9-23)14(2)25/h3-5,10,12,20H,6-9H2,1-2H3,(H,21,24)/b15-12-. The Labute approximate surface area is 152 Å². The third-order valence-electron chi connectivity index (χ3n) is 3.93. The molecule has 1 aromatic rings. The van der Waals surface area contributed by atoms with Crippen LogP contribution >= 0.6 is 0 Å². The minimum absolute atomic E-state index is 0.0196. The summed E-state index contributed by atoms with van der Waals surface area (Å²) in [4.78, 5) is 38.2. The Hall–Kier alpha value is -3.34. The van der Waals surface area contributed by atoms with Crippen LogP contribution < -0.4 is 10.6 Å². The number of benzene rings is 1. The number of anilines is 2. The highest BCUT2D eigenvalue weighted by Crippen LogP contribution is 2.16. The van der Waals surface area contributed by atoms with Gasteiger partial charge in [0.15, 0.2) is 0 Å². The van der Waals surface area contributed by atoms with Crippen molar-refractivity contribution in [3.05, 3.63) is 36.0 Å². The maximum atomic E-state index is 12.5. The molecule has 2 N–H and O–H groups in total. The number of nitriles is 1. The van der Waals surface area contributed by atoms with Crippen molar-refractivity contribution in [1.82, 2.24) is 9.80 Å². The van der Waals surface area contributed by atoms with Crippen molar-refractivity contribution in [1.29, 1.82) is 5.26 Å². The summed E-state index contributed by atoms with van der Waals surface area (Å²) in [6.07, 6.45) is 1.35. The highest BCUT2D eigenvalue weighted by Gasteiger charge is 2.24. The molecule has 0 spiro atoms. The van der Waals surface area contributed by atoms with Crippen molar-refractivity contribution in [2.75, 3.05) is 36.8 Å². The molecule has 0 atom stereocenters. The summed E-state index contributed by atoms with van der Waals surface area (Å²) in [5.74, 6) is -0.578. The number of rotatable bonds is 4. The lowest BCUT2D eigenvalue weighted by molar-refractivity contribution is -0.136. The zero-order chi connectivity index (χ0) is 19.1. The predicted octanol–water partition coefficient (Wildman–Crippen LogP) is 1.16. The first kappa shape index (κ1) is 19.0. The number of nitrogens with zero attached hydrogens (tertiary/aromatic N) is 3. The number of piperazine rings is 1. The Balaban J connectivity index is 2.02. The van der Waals surface area contributed by atoms with Crippen LogP contribution in [0.3, 0.4) is 0 Å². The molecule has 0 aliphatic carbocycles. The summed E-state index contributed by atoms with van der Waals surface area (Å²) in [5, 5.41) is 14.9. The lowest BCUT2D eigenvalue weighted by Crippen LogP contribution is -2.50. The van der Waals surface area contributed by atoms with Gasteiger partial charge < -0.3 is 20.4 Å². The fraction of sp³-hybridized carbons (Fsp3) is 0.333. The number of amides is 3. The van der Waals surface area contributed by atoms with Crippen LogP contribution in [0.1, 0.15) is 13.8 Å². The monoisotopic (exact) mass is 355 g/mol. The largest absolute Gasteiger partial charge is 0.360 e. The van der Waals surface area contributed by atoms with Crippen LogP contribution in [0.5, 0.6) is 0 Å². The topological polar surface area (TPSA) is 106 Å². The van der Waals surface area contributed by atoms with Crippen molar-refractivity contribution < 1.29 is 14.4 Å². The number of nitrogens with one attached hydrogen (secondary N) is 2. The van der Waals surface area contributed by atoms with Crippen LogP contribution in [0.4, 0.5) is 11.4 Å². The number of carbonyl (C=O) groups excluding carboxylic acids is 3. The number of carbonyl (C=O) groups is 3. The van der Waals surface area contributed by atoms with Gasteiger partial charge in [0.25, 0.3) is 5.91 Å². The maximum absolute atomic E-state index is 12.5. The third-order valence-corrected chi connectivity index (χ3v) is 3.93. The Morgan fingerprint density at radius 3 is 2.27 bits per heavy atom. The van der Waals surface area contributed by atoms with E-state index in [0.717, 1.165) is 0 Å². The Morgan fingerprint density at radius 1 is 1.08 bits per heavy atom. The van der Waals surface area contributed by atoms with Gasteiger partial charge in [-0.15, -0.1) is 0 Å². The van der Waals surface area contributed by atoms with Gasteiger partial charge in [-0.3, -0.25) is 14.4 Å². The molecule has 1 aliphatic heterocycles. The Morgan fingerprint density at radius 2 is 1.69 bits per heavy atom. The molecule has 136 valence electrons. The van der Waals surface area contributed by atoms with E-state index >= 15 is 0 Å². The SMILES string of the molecule is CC(=O)Nc1cccc(N/C=C(/C#N)C(=O)N2CCN(C(C)=O)CC2)c1. The van der Waals surface area contributed by atoms with E-state index in [1.165, 1.54) is 20.0 Å². The zero-order valence-electron chi connectivity index (χ0n) is 14.8. The van der Waals surface area contributed by atoms with E-state index in [1.54, 1.807) is 34.1 Å². The average molecular weight is 355 g/mol. The minimum Gasteiger partial charge on any atom is -0.360 e. The number of hydrogen-bond donors (Lipinski definition) is 2. The molecule has 3 amide bonds. The molecular formula is C18H21N5O3. The van der Waals surface area contributed by atoms with Gasteiger partial charge in [-0.05, 0) is 18.2 Å². The van der Waals surface area contributed by atoms with E-state index in [4.69, 9.17) is 0 Å². The smallest absolute Gasteiger partial charge is 0.266 e. The molecule has 1 aromatic carbocycles. The van der Waals surface area contributed by atoms with Gasteiger partial charge in [0.05, 0.1) is 0 Å². The molecule has 1 fully saturated rings. The number of hydrogen-bond acceptors (Lipinski definition) is 5. The van der Waals surface area contributed by atoms with E-state index in [1.807, 2.05) is 6.07 Å². The molecule has 2 rings (SSSR count). The van der Waals surface area contributed by atoms with E-state index < -0.39 is 0 Å². The lowest BCUT2D eigenvalue weighted by atomic mass is 10.2. The molecule has 0 aromatic heterocycles. The molecule has 1 saturated heterocycles. The molecule has 0 unspecified atom stereocenters. The van der Waals surface area contributed by atoms with E-state index in [0.29, 0.717) is 37.6 Å². The second kappa shape index (κ2) is 8.67. The van der Waals surface area contributed by atoms with Crippen molar-refractivity contribution in [2.45, 2.75) is 13.8 Å². The first-order valence-electron chi connectivity index (χ1n) is 8.20. The van der Waals surface area contributed by atoms with Gasteiger partial charge >= 0.3 is 0 Å². The minimum atomic E-state index is -0.374. The quantitative estimate of drug-likeness (QED) is 0.623. The van der Waals surface area contributed by atoms with Crippen LogP contribution in [-0.4, -0.2) is 53.7 Å². The van der Waals surface area contributed by atoms with E-state index in [9.17, 15) is 19.6 Å². The molecule has 8 nitrogen and oxygen atoms in total. The van der Waals surface area contributed by atoms with Gasteiger partial charge in [0.2, 0.25) is 11.8 Å². The van der Waals surface area contributed by atoms with Gasteiger partial charge in [0.1, 0.15) is 11.6 Å². The van der Waals surface area contributed by atoms with Crippen LogP contribution in [0.2, 0.25) is 0 Å². The molecule has 0 bridgehead atoms. The Bertz CT molecular complexity index is 773. The first-order valence-corrected chi connectivity index (χ1v) is 8.20. The maximum Gasteiger partial charge on any atom is 0.266 e. The summed E-state index contributed by atoms with van der Waals surface area (Å²) in [6.45, 7) is 4.64. The average Bonchev–Trinajstić information content (AvgIpc) is 2.62. The Kier molecular flexibility index (Phi) is 6.33. The normalized spacial score (nSPS) is 14.4. The van der Waals surface area contributed by atoms with Crippen LogP contribution in [-0.2, 0) is 14.4 Å². The van der Waals surface area contributed by atoms with Crippen molar-refractivity contribution in [2.24, 2.45) is 0 Å². The fourth-order valence-corrected chi connectivity index (χ4v) is 2.58. The summed E-state index contributed by atoms with van der Waals surface area (Å²) in [5.41, 5.74) is 1.23. The van der Waals surface area contributed by atoms with Crippen LogP contribution in [0.25, 0.3) is 0 Å². The summed E-state index contributed by atoms with van der Waals surface area (Å²) >= 11 is 0. The van der Waals surface area contributed by atoms with Gasteiger partial charge in [-0.1, -0.05) is 6.07 Å². The van der Waals surface area contributed by atoms with Crippen LogP contribution in [0.15, 0.2) is 36.0 Å².